The highest BCUT2D eigenvalue weighted by molar-refractivity contribution is 5.99. The van der Waals surface area contributed by atoms with E-state index in [1.165, 1.54) is 12.8 Å². The standard InChI is InChI=1S/C12H21NO/c1-10(2)11(14)12(9-13)7-5-3-4-6-8-12/h1,3-9,13H2,2H3. The Morgan fingerprint density at radius 1 is 1.29 bits per heavy atom. The third-order valence-corrected chi connectivity index (χ3v) is 3.32. The van der Waals surface area contributed by atoms with Crippen molar-refractivity contribution in [1.82, 2.24) is 0 Å². The number of hydrogen-bond donors (Lipinski definition) is 1. The number of carbonyl (C=O) groups excluding carboxylic acids is 1. The molecule has 1 aliphatic carbocycles. The van der Waals surface area contributed by atoms with Crippen molar-refractivity contribution in [3.8, 4) is 0 Å². The first-order valence-corrected chi connectivity index (χ1v) is 5.53. The maximum Gasteiger partial charge on any atom is 0.165 e. The molecule has 0 bridgehead atoms. The van der Waals surface area contributed by atoms with Crippen molar-refractivity contribution >= 4 is 5.78 Å². The molecule has 14 heavy (non-hydrogen) atoms. The monoisotopic (exact) mass is 195 g/mol. The van der Waals surface area contributed by atoms with Gasteiger partial charge < -0.3 is 5.73 Å². The molecule has 0 heterocycles. The first kappa shape index (κ1) is 11.4. The van der Waals surface area contributed by atoms with Gasteiger partial charge in [0.25, 0.3) is 0 Å². The molecule has 0 atom stereocenters. The Hall–Kier alpha value is -0.630. The number of allylic oxidation sites excluding steroid dienone is 1. The van der Waals surface area contributed by atoms with Crippen LogP contribution in [0.4, 0.5) is 0 Å². The molecule has 1 fully saturated rings. The number of hydrogen-bond acceptors (Lipinski definition) is 2. The van der Waals surface area contributed by atoms with E-state index >= 15 is 0 Å². The zero-order valence-electron chi connectivity index (χ0n) is 9.14. The zero-order chi connectivity index (χ0) is 10.6. The van der Waals surface area contributed by atoms with Gasteiger partial charge in [0, 0.05) is 12.0 Å². The molecule has 0 radical (unpaired) electrons. The summed E-state index contributed by atoms with van der Waals surface area (Å²) in [6.07, 6.45) is 6.66. The number of ketones is 1. The van der Waals surface area contributed by atoms with Crippen LogP contribution in [0.25, 0.3) is 0 Å². The SMILES string of the molecule is C=C(C)C(=O)C1(CN)CCCCCC1. The van der Waals surface area contributed by atoms with Crippen LogP contribution in [0.3, 0.4) is 0 Å². The van der Waals surface area contributed by atoms with E-state index in [1.807, 2.05) is 0 Å². The summed E-state index contributed by atoms with van der Waals surface area (Å²) < 4.78 is 0. The number of nitrogens with two attached hydrogens (primary N) is 1. The van der Waals surface area contributed by atoms with E-state index in [9.17, 15) is 4.79 Å². The van der Waals surface area contributed by atoms with Gasteiger partial charge in [-0.25, -0.2) is 0 Å². The van der Waals surface area contributed by atoms with E-state index in [0.717, 1.165) is 25.7 Å². The lowest BCUT2D eigenvalue weighted by molar-refractivity contribution is -0.125. The fourth-order valence-corrected chi connectivity index (χ4v) is 2.38. The number of carbonyl (C=O) groups is 1. The minimum Gasteiger partial charge on any atom is -0.329 e. The molecule has 0 amide bonds. The van der Waals surface area contributed by atoms with E-state index < -0.39 is 0 Å². The third kappa shape index (κ3) is 2.24. The van der Waals surface area contributed by atoms with Gasteiger partial charge in [-0.05, 0) is 25.3 Å². The molecule has 80 valence electrons. The molecule has 1 rings (SSSR count). The summed E-state index contributed by atoms with van der Waals surface area (Å²) in [5, 5.41) is 0. The van der Waals surface area contributed by atoms with Crippen LogP contribution < -0.4 is 5.73 Å². The Morgan fingerprint density at radius 2 is 1.79 bits per heavy atom. The fraction of sp³-hybridized carbons (Fsp3) is 0.750. The second-order valence-corrected chi connectivity index (χ2v) is 4.51. The summed E-state index contributed by atoms with van der Waals surface area (Å²) in [5.74, 6) is 0.196. The normalized spacial score (nSPS) is 21.3. The van der Waals surface area contributed by atoms with Gasteiger partial charge in [0.2, 0.25) is 0 Å². The molecular weight excluding hydrogens is 174 g/mol. The Bertz CT molecular complexity index is 224. The molecule has 0 aromatic rings. The first-order valence-electron chi connectivity index (χ1n) is 5.53. The van der Waals surface area contributed by atoms with Gasteiger partial charge in [-0.3, -0.25) is 4.79 Å². The largest absolute Gasteiger partial charge is 0.329 e. The van der Waals surface area contributed by atoms with Crippen LogP contribution >= 0.6 is 0 Å². The molecule has 0 aromatic heterocycles. The minimum absolute atomic E-state index is 0.196. The fourth-order valence-electron chi connectivity index (χ4n) is 2.38. The molecule has 0 aliphatic heterocycles. The van der Waals surface area contributed by atoms with Crippen LogP contribution in [-0.2, 0) is 4.79 Å². The summed E-state index contributed by atoms with van der Waals surface area (Å²) >= 11 is 0. The third-order valence-electron chi connectivity index (χ3n) is 3.32. The highest BCUT2D eigenvalue weighted by Gasteiger charge is 2.36. The van der Waals surface area contributed by atoms with Crippen molar-refractivity contribution in [1.29, 1.82) is 0 Å². The summed E-state index contributed by atoms with van der Waals surface area (Å²) in [5.41, 5.74) is 6.17. The predicted molar refractivity (Wildman–Crippen MR) is 59.0 cm³/mol. The van der Waals surface area contributed by atoms with Crippen molar-refractivity contribution in [3.63, 3.8) is 0 Å². The van der Waals surface area contributed by atoms with Gasteiger partial charge in [-0.1, -0.05) is 32.3 Å². The lowest BCUT2D eigenvalue weighted by Gasteiger charge is -2.29. The highest BCUT2D eigenvalue weighted by Crippen LogP contribution is 2.36. The van der Waals surface area contributed by atoms with Gasteiger partial charge in [-0.15, -0.1) is 0 Å². The molecule has 0 unspecified atom stereocenters. The van der Waals surface area contributed by atoms with E-state index in [1.54, 1.807) is 6.92 Å². The van der Waals surface area contributed by atoms with Gasteiger partial charge in [0.15, 0.2) is 5.78 Å². The summed E-state index contributed by atoms with van der Waals surface area (Å²) in [4.78, 5) is 12.0. The quantitative estimate of drug-likeness (QED) is 0.555. The molecule has 0 saturated heterocycles. The second kappa shape index (κ2) is 4.74. The zero-order valence-corrected chi connectivity index (χ0v) is 9.14. The predicted octanol–water partition coefficient (Wildman–Crippen LogP) is 2.43. The molecule has 1 aliphatic rings. The van der Waals surface area contributed by atoms with Gasteiger partial charge >= 0.3 is 0 Å². The molecule has 2 heteroatoms. The number of rotatable bonds is 3. The minimum atomic E-state index is -0.275. The van der Waals surface area contributed by atoms with Crippen molar-refractivity contribution in [2.24, 2.45) is 11.1 Å². The average molecular weight is 195 g/mol. The van der Waals surface area contributed by atoms with Crippen LogP contribution in [0.2, 0.25) is 0 Å². The van der Waals surface area contributed by atoms with Gasteiger partial charge in [0.05, 0.1) is 0 Å². The van der Waals surface area contributed by atoms with E-state index in [4.69, 9.17) is 5.73 Å². The van der Waals surface area contributed by atoms with Crippen LogP contribution in [0.5, 0.6) is 0 Å². The Labute approximate surface area is 86.6 Å². The Kier molecular flexibility index (Phi) is 3.87. The summed E-state index contributed by atoms with van der Waals surface area (Å²) in [6.45, 7) is 6.03. The van der Waals surface area contributed by atoms with Gasteiger partial charge in [0.1, 0.15) is 0 Å². The van der Waals surface area contributed by atoms with Crippen LogP contribution in [-0.4, -0.2) is 12.3 Å². The molecular formula is C12H21NO. The molecule has 2 nitrogen and oxygen atoms in total. The average Bonchev–Trinajstić information content (AvgIpc) is 2.42. The summed E-state index contributed by atoms with van der Waals surface area (Å²) in [6, 6.07) is 0. The van der Waals surface area contributed by atoms with E-state index in [-0.39, 0.29) is 11.2 Å². The van der Waals surface area contributed by atoms with E-state index in [2.05, 4.69) is 6.58 Å². The van der Waals surface area contributed by atoms with Crippen molar-refractivity contribution < 1.29 is 4.79 Å². The number of Topliss-reactive ketones (excluding diaryl/α,β-unsaturated/α-hetero) is 1. The maximum atomic E-state index is 12.0. The van der Waals surface area contributed by atoms with Crippen molar-refractivity contribution in [3.05, 3.63) is 12.2 Å². The molecule has 0 aromatic carbocycles. The van der Waals surface area contributed by atoms with Crippen molar-refractivity contribution in [2.75, 3.05) is 6.54 Å². The summed E-state index contributed by atoms with van der Waals surface area (Å²) in [7, 11) is 0. The molecule has 2 N–H and O–H groups in total. The second-order valence-electron chi connectivity index (χ2n) is 4.51. The Morgan fingerprint density at radius 3 is 2.14 bits per heavy atom. The lowest BCUT2D eigenvalue weighted by Crippen LogP contribution is -2.38. The first-order chi connectivity index (χ1) is 6.62. The van der Waals surface area contributed by atoms with Gasteiger partial charge in [-0.2, -0.15) is 0 Å². The topological polar surface area (TPSA) is 43.1 Å². The van der Waals surface area contributed by atoms with Crippen molar-refractivity contribution in [2.45, 2.75) is 45.4 Å². The smallest absolute Gasteiger partial charge is 0.165 e. The van der Waals surface area contributed by atoms with Crippen LogP contribution in [0.1, 0.15) is 45.4 Å². The van der Waals surface area contributed by atoms with Crippen LogP contribution in [0, 0.1) is 5.41 Å². The molecule has 0 spiro atoms. The van der Waals surface area contributed by atoms with E-state index in [0.29, 0.717) is 12.1 Å². The van der Waals surface area contributed by atoms with Crippen LogP contribution in [0.15, 0.2) is 12.2 Å². The lowest BCUT2D eigenvalue weighted by atomic mass is 9.74. The maximum absolute atomic E-state index is 12.0. The highest BCUT2D eigenvalue weighted by atomic mass is 16.1. The molecule has 1 saturated carbocycles. The Balaban J connectivity index is 2.82.